The lowest BCUT2D eigenvalue weighted by Gasteiger charge is -2.39. The standard InChI is InChI=1S/C16H21NO2S/c18-12-8-10-4-5-11(9-12)17(10)16(19)14-2-1-3-15-13(14)6-7-20-15/h6-7,10-12,14,18H,1-5,8-9H2. The summed E-state index contributed by atoms with van der Waals surface area (Å²) in [5.41, 5.74) is 1.29. The zero-order valence-electron chi connectivity index (χ0n) is 11.6. The Morgan fingerprint density at radius 3 is 2.75 bits per heavy atom. The molecule has 2 fully saturated rings. The third-order valence-corrected chi connectivity index (χ3v) is 6.31. The van der Waals surface area contributed by atoms with E-state index in [-0.39, 0.29) is 12.0 Å². The van der Waals surface area contributed by atoms with Crippen molar-refractivity contribution in [2.24, 2.45) is 0 Å². The summed E-state index contributed by atoms with van der Waals surface area (Å²) in [7, 11) is 0. The summed E-state index contributed by atoms with van der Waals surface area (Å²) in [6, 6.07) is 2.74. The zero-order chi connectivity index (χ0) is 13.7. The summed E-state index contributed by atoms with van der Waals surface area (Å²) in [5.74, 6) is 0.423. The molecule has 108 valence electrons. The summed E-state index contributed by atoms with van der Waals surface area (Å²) in [4.78, 5) is 16.6. The maximum absolute atomic E-state index is 13.0. The maximum Gasteiger partial charge on any atom is 0.230 e. The number of hydrogen-bond acceptors (Lipinski definition) is 3. The fraction of sp³-hybridized carbons (Fsp3) is 0.688. The number of carbonyl (C=O) groups is 1. The molecule has 4 heteroatoms. The van der Waals surface area contributed by atoms with Gasteiger partial charge in [-0.15, -0.1) is 11.3 Å². The fourth-order valence-corrected chi connectivity index (χ4v) is 5.42. The zero-order valence-corrected chi connectivity index (χ0v) is 12.4. The van der Waals surface area contributed by atoms with Crippen LogP contribution in [0.1, 0.15) is 54.9 Å². The van der Waals surface area contributed by atoms with Crippen molar-refractivity contribution in [2.45, 2.75) is 69.1 Å². The highest BCUT2D eigenvalue weighted by Crippen LogP contribution is 2.41. The third kappa shape index (κ3) is 1.92. The van der Waals surface area contributed by atoms with Gasteiger partial charge in [0.1, 0.15) is 0 Å². The van der Waals surface area contributed by atoms with Crippen molar-refractivity contribution in [2.75, 3.05) is 0 Å². The molecular formula is C16H21NO2S. The Morgan fingerprint density at radius 2 is 2.00 bits per heavy atom. The van der Waals surface area contributed by atoms with Crippen LogP contribution in [0, 0.1) is 0 Å². The number of aliphatic hydroxyl groups excluding tert-OH is 1. The Balaban J connectivity index is 1.60. The van der Waals surface area contributed by atoms with Crippen molar-refractivity contribution in [3.8, 4) is 0 Å². The first kappa shape index (κ1) is 12.8. The molecule has 0 spiro atoms. The molecule has 2 aliphatic heterocycles. The summed E-state index contributed by atoms with van der Waals surface area (Å²) < 4.78 is 0. The molecule has 1 aliphatic carbocycles. The highest BCUT2D eigenvalue weighted by atomic mass is 32.1. The molecule has 1 aromatic heterocycles. The SMILES string of the molecule is O=C(C1CCCc2sccc21)N1C2CCC1CC(O)C2. The number of amides is 1. The van der Waals surface area contributed by atoms with Crippen molar-refractivity contribution < 1.29 is 9.90 Å². The number of aryl methyl sites for hydroxylation is 1. The average Bonchev–Trinajstić information content (AvgIpc) is 3.01. The molecule has 3 atom stereocenters. The van der Waals surface area contributed by atoms with Crippen molar-refractivity contribution in [1.29, 1.82) is 0 Å². The molecule has 3 nitrogen and oxygen atoms in total. The Bertz CT molecular complexity index is 512. The Labute approximate surface area is 123 Å². The van der Waals surface area contributed by atoms with E-state index in [1.165, 1.54) is 10.4 Å². The molecule has 20 heavy (non-hydrogen) atoms. The van der Waals surface area contributed by atoms with Crippen molar-refractivity contribution in [3.05, 3.63) is 21.9 Å². The second kappa shape index (κ2) is 4.85. The normalized spacial score (nSPS) is 36.0. The van der Waals surface area contributed by atoms with E-state index in [2.05, 4.69) is 16.3 Å². The molecular weight excluding hydrogens is 270 g/mol. The van der Waals surface area contributed by atoms with Crippen LogP contribution in [0.25, 0.3) is 0 Å². The lowest BCUT2D eigenvalue weighted by Crippen LogP contribution is -2.49. The van der Waals surface area contributed by atoms with E-state index in [0.717, 1.165) is 44.9 Å². The molecule has 3 aliphatic rings. The predicted octanol–water partition coefficient (Wildman–Crippen LogP) is 2.68. The van der Waals surface area contributed by atoms with Gasteiger partial charge in [-0.3, -0.25) is 4.79 Å². The minimum absolute atomic E-state index is 0.0864. The topological polar surface area (TPSA) is 40.5 Å². The van der Waals surface area contributed by atoms with Gasteiger partial charge in [0.25, 0.3) is 0 Å². The smallest absolute Gasteiger partial charge is 0.230 e. The number of rotatable bonds is 1. The molecule has 0 radical (unpaired) electrons. The number of piperidine rings is 1. The molecule has 2 saturated heterocycles. The van der Waals surface area contributed by atoms with Crippen LogP contribution in [0.5, 0.6) is 0 Å². The first-order valence-electron chi connectivity index (χ1n) is 7.80. The first-order chi connectivity index (χ1) is 9.74. The number of hydrogen-bond donors (Lipinski definition) is 1. The second-order valence-electron chi connectivity index (χ2n) is 6.50. The van der Waals surface area contributed by atoms with Crippen molar-refractivity contribution >= 4 is 17.2 Å². The van der Waals surface area contributed by atoms with Crippen LogP contribution in [0.15, 0.2) is 11.4 Å². The number of carbonyl (C=O) groups excluding carboxylic acids is 1. The Hall–Kier alpha value is -0.870. The molecule has 4 rings (SSSR count). The maximum atomic E-state index is 13.0. The van der Waals surface area contributed by atoms with Gasteiger partial charge in [-0.25, -0.2) is 0 Å². The van der Waals surface area contributed by atoms with Gasteiger partial charge in [0, 0.05) is 17.0 Å². The van der Waals surface area contributed by atoms with Gasteiger partial charge in [-0.2, -0.15) is 0 Å². The summed E-state index contributed by atoms with van der Waals surface area (Å²) in [5, 5.41) is 12.0. The Kier molecular flexibility index (Phi) is 3.11. The van der Waals surface area contributed by atoms with E-state index >= 15 is 0 Å². The lowest BCUT2D eigenvalue weighted by atomic mass is 9.85. The number of aliphatic hydroxyl groups is 1. The van der Waals surface area contributed by atoms with Crippen molar-refractivity contribution in [3.63, 3.8) is 0 Å². The average molecular weight is 291 g/mol. The third-order valence-electron chi connectivity index (χ3n) is 5.31. The molecule has 1 aromatic rings. The molecule has 3 unspecified atom stereocenters. The van der Waals surface area contributed by atoms with Crippen molar-refractivity contribution in [1.82, 2.24) is 4.90 Å². The molecule has 0 saturated carbocycles. The second-order valence-corrected chi connectivity index (χ2v) is 7.50. The monoisotopic (exact) mass is 291 g/mol. The highest BCUT2D eigenvalue weighted by Gasteiger charge is 2.45. The van der Waals surface area contributed by atoms with Gasteiger partial charge < -0.3 is 10.0 Å². The van der Waals surface area contributed by atoms with Gasteiger partial charge >= 0.3 is 0 Å². The quantitative estimate of drug-likeness (QED) is 0.864. The summed E-state index contributed by atoms with van der Waals surface area (Å²) >= 11 is 1.80. The van der Waals surface area contributed by atoms with Gasteiger partial charge in [0.15, 0.2) is 0 Å². The van der Waals surface area contributed by atoms with E-state index in [9.17, 15) is 9.90 Å². The van der Waals surface area contributed by atoms with E-state index in [0.29, 0.717) is 18.0 Å². The molecule has 1 amide bonds. The predicted molar refractivity (Wildman–Crippen MR) is 78.9 cm³/mol. The number of fused-ring (bicyclic) bond motifs is 3. The van der Waals surface area contributed by atoms with Crippen LogP contribution < -0.4 is 0 Å². The molecule has 2 bridgehead atoms. The van der Waals surface area contributed by atoms with Gasteiger partial charge in [0.05, 0.1) is 12.0 Å². The number of nitrogens with zero attached hydrogens (tertiary/aromatic N) is 1. The molecule has 0 aromatic carbocycles. The summed E-state index contributed by atoms with van der Waals surface area (Å²) in [6.07, 6.45) is 6.81. The minimum Gasteiger partial charge on any atom is -0.393 e. The van der Waals surface area contributed by atoms with Gasteiger partial charge in [0.2, 0.25) is 5.91 Å². The summed E-state index contributed by atoms with van der Waals surface area (Å²) in [6.45, 7) is 0. The minimum atomic E-state index is -0.195. The van der Waals surface area contributed by atoms with Crippen LogP contribution in [0.2, 0.25) is 0 Å². The van der Waals surface area contributed by atoms with Crippen LogP contribution in [-0.2, 0) is 11.2 Å². The van der Waals surface area contributed by atoms with E-state index in [4.69, 9.17) is 0 Å². The van der Waals surface area contributed by atoms with Crippen LogP contribution >= 0.6 is 11.3 Å². The fourth-order valence-electron chi connectivity index (χ4n) is 4.43. The highest BCUT2D eigenvalue weighted by molar-refractivity contribution is 7.10. The van der Waals surface area contributed by atoms with E-state index in [1.54, 1.807) is 11.3 Å². The van der Waals surface area contributed by atoms with Crippen LogP contribution in [0.3, 0.4) is 0 Å². The van der Waals surface area contributed by atoms with Gasteiger partial charge in [-0.1, -0.05) is 0 Å². The largest absolute Gasteiger partial charge is 0.393 e. The molecule has 3 heterocycles. The van der Waals surface area contributed by atoms with Crippen LogP contribution in [0.4, 0.5) is 0 Å². The van der Waals surface area contributed by atoms with Gasteiger partial charge in [-0.05, 0) is 62.0 Å². The van der Waals surface area contributed by atoms with E-state index in [1.807, 2.05) is 0 Å². The first-order valence-corrected chi connectivity index (χ1v) is 8.68. The Morgan fingerprint density at radius 1 is 1.25 bits per heavy atom. The lowest BCUT2D eigenvalue weighted by molar-refractivity contribution is -0.139. The number of thiophene rings is 1. The van der Waals surface area contributed by atoms with E-state index < -0.39 is 0 Å². The van der Waals surface area contributed by atoms with Crippen LogP contribution in [-0.4, -0.2) is 34.1 Å². The molecule has 1 N–H and O–H groups in total.